The lowest BCUT2D eigenvalue weighted by molar-refractivity contribution is 0.373. The molecule has 0 heterocycles. The van der Waals surface area contributed by atoms with E-state index in [1.165, 1.54) is 13.2 Å². The Hall–Kier alpha value is -2.14. The van der Waals surface area contributed by atoms with E-state index in [2.05, 4.69) is 5.32 Å². The van der Waals surface area contributed by atoms with Gasteiger partial charge in [0.15, 0.2) is 11.5 Å². The molecule has 0 aliphatic heterocycles. The zero-order valence-corrected chi connectivity index (χ0v) is 11.7. The standard InChI is InChI=1S/C16H17F2NO2/c1-21-16-8-11(2-5-15(16)20)6-7-19-10-12-9-13(17)3-4-14(12)18/h2-5,8-9,19-20H,6-7,10H2,1H3. The number of methoxy groups -OCH3 is 1. The van der Waals surface area contributed by atoms with Gasteiger partial charge >= 0.3 is 0 Å². The minimum absolute atomic E-state index is 0.0936. The van der Waals surface area contributed by atoms with E-state index in [0.717, 1.165) is 17.7 Å². The number of phenols is 1. The molecule has 0 aliphatic rings. The zero-order chi connectivity index (χ0) is 15.2. The normalized spacial score (nSPS) is 10.6. The van der Waals surface area contributed by atoms with E-state index in [1.54, 1.807) is 18.2 Å². The summed E-state index contributed by atoms with van der Waals surface area (Å²) in [5, 5.41) is 12.6. The molecule has 3 nitrogen and oxygen atoms in total. The minimum Gasteiger partial charge on any atom is -0.504 e. The van der Waals surface area contributed by atoms with Gasteiger partial charge in [0.05, 0.1) is 7.11 Å². The molecule has 2 N–H and O–H groups in total. The maximum atomic E-state index is 13.4. The number of ether oxygens (including phenoxy) is 1. The molecule has 0 amide bonds. The summed E-state index contributed by atoms with van der Waals surface area (Å²) >= 11 is 0. The molecule has 0 spiro atoms. The summed E-state index contributed by atoms with van der Waals surface area (Å²) in [5.74, 6) is -0.355. The van der Waals surface area contributed by atoms with Crippen molar-refractivity contribution in [3.63, 3.8) is 0 Å². The van der Waals surface area contributed by atoms with Crippen LogP contribution in [0, 0.1) is 11.6 Å². The molecule has 0 saturated carbocycles. The average Bonchev–Trinajstić information content (AvgIpc) is 2.48. The Morgan fingerprint density at radius 2 is 1.95 bits per heavy atom. The number of aromatic hydroxyl groups is 1. The molecule has 0 saturated heterocycles. The third kappa shape index (κ3) is 4.16. The van der Waals surface area contributed by atoms with Crippen molar-refractivity contribution in [1.82, 2.24) is 5.32 Å². The summed E-state index contributed by atoms with van der Waals surface area (Å²) in [4.78, 5) is 0. The largest absolute Gasteiger partial charge is 0.504 e. The lowest BCUT2D eigenvalue weighted by atomic mass is 10.1. The number of hydrogen-bond donors (Lipinski definition) is 2. The summed E-state index contributed by atoms with van der Waals surface area (Å²) in [6, 6.07) is 8.52. The number of nitrogens with one attached hydrogen (secondary N) is 1. The highest BCUT2D eigenvalue weighted by atomic mass is 19.1. The van der Waals surface area contributed by atoms with Crippen LogP contribution in [-0.2, 0) is 13.0 Å². The van der Waals surface area contributed by atoms with Crippen molar-refractivity contribution in [1.29, 1.82) is 0 Å². The van der Waals surface area contributed by atoms with Crippen molar-refractivity contribution in [3.8, 4) is 11.5 Å². The van der Waals surface area contributed by atoms with Gasteiger partial charge in [0.2, 0.25) is 0 Å². The summed E-state index contributed by atoms with van der Waals surface area (Å²) in [6.45, 7) is 0.864. The number of phenolic OH excluding ortho intramolecular Hbond substituents is 1. The summed E-state index contributed by atoms with van der Waals surface area (Å²) in [5.41, 5.74) is 1.29. The van der Waals surface area contributed by atoms with Gasteiger partial charge in [-0.3, -0.25) is 0 Å². The number of hydrogen-bond acceptors (Lipinski definition) is 3. The Bertz CT molecular complexity index is 617. The molecule has 0 atom stereocenters. The second kappa shape index (κ2) is 7.04. The van der Waals surface area contributed by atoms with Gasteiger partial charge in [-0.1, -0.05) is 6.07 Å². The number of halogens is 2. The van der Waals surface area contributed by atoms with E-state index < -0.39 is 11.6 Å². The van der Waals surface area contributed by atoms with Crippen molar-refractivity contribution in [2.75, 3.05) is 13.7 Å². The fourth-order valence-electron chi connectivity index (χ4n) is 2.01. The minimum atomic E-state index is -0.448. The number of rotatable bonds is 6. The van der Waals surface area contributed by atoms with Crippen molar-refractivity contribution < 1.29 is 18.6 Å². The molecule has 0 aliphatic carbocycles. The van der Waals surface area contributed by atoms with Gasteiger partial charge in [-0.25, -0.2) is 8.78 Å². The molecule has 0 aromatic heterocycles. The topological polar surface area (TPSA) is 41.5 Å². The highest BCUT2D eigenvalue weighted by Crippen LogP contribution is 2.26. The van der Waals surface area contributed by atoms with E-state index in [1.807, 2.05) is 0 Å². The molecule has 2 aromatic carbocycles. The fourth-order valence-corrected chi connectivity index (χ4v) is 2.01. The molecule has 2 rings (SSSR count). The first-order chi connectivity index (χ1) is 10.1. The van der Waals surface area contributed by atoms with Crippen LogP contribution in [0.4, 0.5) is 8.78 Å². The average molecular weight is 293 g/mol. The predicted octanol–water partition coefficient (Wildman–Crippen LogP) is 3.01. The van der Waals surface area contributed by atoms with E-state index >= 15 is 0 Å². The van der Waals surface area contributed by atoms with Crippen molar-refractivity contribution >= 4 is 0 Å². The van der Waals surface area contributed by atoms with Crippen LogP contribution in [0.5, 0.6) is 11.5 Å². The fraction of sp³-hybridized carbons (Fsp3) is 0.250. The van der Waals surface area contributed by atoms with Gasteiger partial charge in [-0.15, -0.1) is 0 Å². The molecule has 112 valence electrons. The Kier molecular flexibility index (Phi) is 5.11. The lowest BCUT2D eigenvalue weighted by Crippen LogP contribution is -2.17. The van der Waals surface area contributed by atoms with Crippen LogP contribution in [0.2, 0.25) is 0 Å². The second-order valence-corrected chi connectivity index (χ2v) is 4.67. The van der Waals surface area contributed by atoms with Gasteiger partial charge in [0.1, 0.15) is 11.6 Å². The van der Waals surface area contributed by atoms with E-state index in [9.17, 15) is 13.9 Å². The maximum Gasteiger partial charge on any atom is 0.160 e. The first-order valence-electron chi connectivity index (χ1n) is 6.60. The van der Waals surface area contributed by atoms with Gasteiger partial charge in [0, 0.05) is 12.1 Å². The van der Waals surface area contributed by atoms with Crippen LogP contribution in [0.1, 0.15) is 11.1 Å². The van der Waals surface area contributed by atoms with Crippen molar-refractivity contribution in [2.24, 2.45) is 0 Å². The van der Waals surface area contributed by atoms with Crippen LogP contribution in [0.25, 0.3) is 0 Å². The Morgan fingerprint density at radius 3 is 2.71 bits per heavy atom. The first kappa shape index (κ1) is 15.3. The molecule has 0 bridgehead atoms. The van der Waals surface area contributed by atoms with Gasteiger partial charge < -0.3 is 15.2 Å². The molecule has 0 radical (unpaired) electrons. The van der Waals surface area contributed by atoms with Gasteiger partial charge in [0.25, 0.3) is 0 Å². The van der Waals surface area contributed by atoms with Crippen LogP contribution in [0.15, 0.2) is 36.4 Å². The van der Waals surface area contributed by atoms with Crippen LogP contribution in [-0.4, -0.2) is 18.8 Å². The Morgan fingerprint density at radius 1 is 1.14 bits per heavy atom. The van der Waals surface area contributed by atoms with E-state index in [4.69, 9.17) is 4.74 Å². The summed E-state index contributed by atoms with van der Waals surface area (Å²) < 4.78 is 31.5. The molecular weight excluding hydrogens is 276 g/mol. The van der Waals surface area contributed by atoms with Crippen LogP contribution in [0.3, 0.4) is 0 Å². The van der Waals surface area contributed by atoms with E-state index in [-0.39, 0.29) is 12.3 Å². The highest BCUT2D eigenvalue weighted by Gasteiger charge is 2.05. The zero-order valence-electron chi connectivity index (χ0n) is 11.7. The molecular formula is C16H17F2NO2. The molecule has 5 heteroatoms. The molecule has 0 unspecified atom stereocenters. The molecule has 2 aromatic rings. The maximum absolute atomic E-state index is 13.4. The quantitative estimate of drug-likeness (QED) is 0.804. The summed E-state index contributed by atoms with van der Waals surface area (Å²) in [7, 11) is 1.49. The molecule has 21 heavy (non-hydrogen) atoms. The van der Waals surface area contributed by atoms with E-state index in [0.29, 0.717) is 24.3 Å². The number of benzene rings is 2. The lowest BCUT2D eigenvalue weighted by Gasteiger charge is -2.08. The van der Waals surface area contributed by atoms with Crippen LogP contribution >= 0.6 is 0 Å². The van der Waals surface area contributed by atoms with Crippen molar-refractivity contribution in [2.45, 2.75) is 13.0 Å². The SMILES string of the molecule is COc1cc(CCNCc2cc(F)ccc2F)ccc1O. The highest BCUT2D eigenvalue weighted by molar-refractivity contribution is 5.41. The third-order valence-electron chi connectivity index (χ3n) is 3.16. The van der Waals surface area contributed by atoms with Crippen LogP contribution < -0.4 is 10.1 Å². The molecule has 0 fully saturated rings. The first-order valence-corrected chi connectivity index (χ1v) is 6.60. The van der Waals surface area contributed by atoms with Gasteiger partial charge in [-0.2, -0.15) is 0 Å². The Labute approximate surface area is 122 Å². The van der Waals surface area contributed by atoms with Crippen molar-refractivity contribution in [3.05, 3.63) is 59.2 Å². The smallest absolute Gasteiger partial charge is 0.160 e. The monoisotopic (exact) mass is 293 g/mol. The third-order valence-corrected chi connectivity index (χ3v) is 3.16. The van der Waals surface area contributed by atoms with Gasteiger partial charge in [-0.05, 0) is 48.9 Å². The second-order valence-electron chi connectivity index (χ2n) is 4.67. The Balaban J connectivity index is 1.86. The summed E-state index contributed by atoms with van der Waals surface area (Å²) in [6.07, 6.45) is 0.688. The predicted molar refractivity (Wildman–Crippen MR) is 76.4 cm³/mol.